The number of halogens is 2. The molecule has 0 radical (unpaired) electrons. The fourth-order valence-electron chi connectivity index (χ4n) is 4.01. The van der Waals surface area contributed by atoms with Crippen LogP contribution in [0.3, 0.4) is 0 Å². The Kier molecular flexibility index (Phi) is 4.08. The van der Waals surface area contributed by atoms with Gasteiger partial charge in [-0.3, -0.25) is 4.98 Å². The monoisotopic (exact) mass is 349 g/mol. The third kappa shape index (κ3) is 2.95. The third-order valence-electron chi connectivity index (χ3n) is 5.48. The van der Waals surface area contributed by atoms with Gasteiger partial charge in [-0.2, -0.15) is 0 Å². The Morgan fingerprint density at radius 1 is 1.28 bits per heavy atom. The largest absolute Gasteiger partial charge is 0.390 e. The number of anilines is 1. The second kappa shape index (κ2) is 6.14. The van der Waals surface area contributed by atoms with Crippen molar-refractivity contribution in [3.63, 3.8) is 0 Å². The van der Waals surface area contributed by atoms with Crippen LogP contribution < -0.4 is 4.90 Å². The average molecular weight is 349 g/mol. The second-order valence-corrected chi connectivity index (χ2v) is 7.17. The van der Waals surface area contributed by atoms with E-state index in [9.17, 15) is 13.9 Å². The first-order valence-corrected chi connectivity index (χ1v) is 8.64. The summed E-state index contributed by atoms with van der Waals surface area (Å²) in [6.45, 7) is 3.73. The number of hydrogen-bond donors (Lipinski definition) is 1. The van der Waals surface area contributed by atoms with Gasteiger partial charge in [0.05, 0.1) is 29.4 Å². The summed E-state index contributed by atoms with van der Waals surface area (Å²) < 4.78 is 32.5. The average Bonchev–Trinajstić information content (AvgIpc) is 3.04. The molecule has 5 nitrogen and oxygen atoms in total. The van der Waals surface area contributed by atoms with Crippen LogP contribution in [0.1, 0.15) is 26.2 Å². The zero-order valence-electron chi connectivity index (χ0n) is 14.1. The quantitative estimate of drug-likeness (QED) is 0.903. The van der Waals surface area contributed by atoms with Crippen molar-refractivity contribution in [1.82, 2.24) is 9.97 Å². The number of aromatic nitrogens is 2. The molecule has 4 rings (SSSR count). The number of nitrogens with zero attached hydrogens (tertiary/aromatic N) is 3. The summed E-state index contributed by atoms with van der Waals surface area (Å²) in [6, 6.07) is 2.22. The van der Waals surface area contributed by atoms with E-state index in [1.54, 1.807) is 6.20 Å². The highest BCUT2D eigenvalue weighted by Crippen LogP contribution is 2.37. The maximum absolute atomic E-state index is 13.5. The van der Waals surface area contributed by atoms with Crippen LogP contribution in [0.5, 0.6) is 0 Å². The fraction of sp³-hybridized carbons (Fsp3) is 0.556. The number of rotatable bonds is 2. The molecule has 3 heterocycles. The zero-order chi connectivity index (χ0) is 17.6. The minimum absolute atomic E-state index is 0.0220. The molecule has 0 aliphatic carbocycles. The number of hydrogen-bond acceptors (Lipinski definition) is 5. The van der Waals surface area contributed by atoms with E-state index < -0.39 is 17.2 Å². The van der Waals surface area contributed by atoms with Crippen molar-refractivity contribution in [3.8, 4) is 0 Å². The standard InChI is InChI=1S/C18H21F2N3O2/c1-18(24)4-6-25-10-11(18)16-3-2-5-23(16)17-9-21-14-7-12(19)13(20)8-15(14)22-17/h7-9,11,16,24H,2-6,10H2,1H3. The van der Waals surface area contributed by atoms with Crippen LogP contribution in [0.15, 0.2) is 18.3 Å². The summed E-state index contributed by atoms with van der Waals surface area (Å²) in [4.78, 5) is 10.8. The van der Waals surface area contributed by atoms with Gasteiger partial charge >= 0.3 is 0 Å². The van der Waals surface area contributed by atoms with Crippen molar-refractivity contribution in [2.24, 2.45) is 5.92 Å². The van der Waals surface area contributed by atoms with E-state index in [1.807, 2.05) is 6.92 Å². The molecule has 3 unspecified atom stereocenters. The van der Waals surface area contributed by atoms with Crippen molar-refractivity contribution in [2.45, 2.75) is 37.8 Å². The molecule has 0 spiro atoms. The van der Waals surface area contributed by atoms with Gasteiger partial charge in [0.15, 0.2) is 11.6 Å². The molecular formula is C18H21F2N3O2. The van der Waals surface area contributed by atoms with Gasteiger partial charge in [-0.05, 0) is 26.2 Å². The number of ether oxygens (including phenoxy) is 1. The minimum atomic E-state index is -0.930. The molecule has 134 valence electrons. The van der Waals surface area contributed by atoms with Crippen LogP contribution in [0.25, 0.3) is 11.0 Å². The van der Waals surface area contributed by atoms with Crippen LogP contribution in [0, 0.1) is 17.6 Å². The molecule has 2 saturated heterocycles. The molecule has 3 atom stereocenters. The second-order valence-electron chi connectivity index (χ2n) is 7.17. The molecule has 7 heteroatoms. The zero-order valence-corrected chi connectivity index (χ0v) is 14.1. The Labute approximate surface area is 144 Å². The van der Waals surface area contributed by atoms with E-state index in [2.05, 4.69) is 14.9 Å². The van der Waals surface area contributed by atoms with Gasteiger partial charge < -0.3 is 14.7 Å². The Balaban J connectivity index is 1.68. The lowest BCUT2D eigenvalue weighted by Gasteiger charge is -2.43. The third-order valence-corrected chi connectivity index (χ3v) is 5.48. The fourth-order valence-corrected chi connectivity index (χ4v) is 4.01. The van der Waals surface area contributed by atoms with Gasteiger partial charge in [0, 0.05) is 37.2 Å². The van der Waals surface area contributed by atoms with E-state index in [-0.39, 0.29) is 12.0 Å². The summed E-state index contributed by atoms with van der Waals surface area (Å²) in [7, 11) is 0. The lowest BCUT2D eigenvalue weighted by molar-refractivity contribution is -0.108. The van der Waals surface area contributed by atoms with Gasteiger partial charge in [-0.15, -0.1) is 0 Å². The maximum atomic E-state index is 13.5. The Hall–Kier alpha value is -1.86. The lowest BCUT2D eigenvalue weighted by atomic mass is 9.79. The predicted molar refractivity (Wildman–Crippen MR) is 89.4 cm³/mol. The molecule has 2 aliphatic heterocycles. The molecule has 2 aliphatic rings. The highest BCUT2D eigenvalue weighted by Gasteiger charge is 2.44. The molecule has 1 N–H and O–H groups in total. The van der Waals surface area contributed by atoms with Crippen molar-refractivity contribution in [3.05, 3.63) is 30.0 Å². The Bertz CT molecular complexity index is 799. The smallest absolute Gasteiger partial charge is 0.161 e. The topological polar surface area (TPSA) is 58.5 Å². The first-order valence-electron chi connectivity index (χ1n) is 8.64. The number of fused-ring (bicyclic) bond motifs is 1. The maximum Gasteiger partial charge on any atom is 0.161 e. The molecule has 2 aromatic rings. The Morgan fingerprint density at radius 2 is 2.04 bits per heavy atom. The molecule has 1 aromatic carbocycles. The van der Waals surface area contributed by atoms with Crippen LogP contribution in [0.2, 0.25) is 0 Å². The summed E-state index contributed by atoms with van der Waals surface area (Å²) in [6.07, 6.45) is 4.11. The first kappa shape index (κ1) is 16.6. The molecule has 0 amide bonds. The first-order chi connectivity index (χ1) is 12.0. The lowest BCUT2D eigenvalue weighted by Crippen LogP contribution is -2.52. The predicted octanol–water partition coefficient (Wildman–Crippen LogP) is 2.66. The summed E-state index contributed by atoms with van der Waals surface area (Å²) in [5.74, 6) is -1.25. The highest BCUT2D eigenvalue weighted by molar-refractivity contribution is 5.75. The van der Waals surface area contributed by atoms with Gasteiger partial charge in [0.2, 0.25) is 0 Å². The molecule has 0 saturated carbocycles. The van der Waals surface area contributed by atoms with E-state index in [1.165, 1.54) is 0 Å². The molecular weight excluding hydrogens is 328 g/mol. The highest BCUT2D eigenvalue weighted by atomic mass is 19.2. The Morgan fingerprint density at radius 3 is 2.80 bits per heavy atom. The molecule has 0 bridgehead atoms. The van der Waals surface area contributed by atoms with E-state index >= 15 is 0 Å². The van der Waals surface area contributed by atoms with Crippen LogP contribution >= 0.6 is 0 Å². The summed E-state index contributed by atoms with van der Waals surface area (Å²) >= 11 is 0. The van der Waals surface area contributed by atoms with Crippen LogP contribution in [-0.4, -0.2) is 46.5 Å². The van der Waals surface area contributed by atoms with Crippen molar-refractivity contribution in [1.29, 1.82) is 0 Å². The van der Waals surface area contributed by atoms with Crippen LogP contribution in [-0.2, 0) is 4.74 Å². The summed E-state index contributed by atoms with van der Waals surface area (Å²) in [5, 5.41) is 10.8. The van der Waals surface area contributed by atoms with Crippen molar-refractivity contribution >= 4 is 16.9 Å². The van der Waals surface area contributed by atoms with E-state index in [0.717, 1.165) is 31.5 Å². The number of benzene rings is 1. The molecule has 1 aromatic heterocycles. The molecule has 25 heavy (non-hydrogen) atoms. The van der Waals surface area contributed by atoms with Crippen molar-refractivity contribution < 1.29 is 18.6 Å². The van der Waals surface area contributed by atoms with Crippen LogP contribution in [0.4, 0.5) is 14.6 Å². The van der Waals surface area contributed by atoms with Gasteiger partial charge in [-0.1, -0.05) is 0 Å². The summed E-state index contributed by atoms with van der Waals surface area (Å²) in [5.41, 5.74) is -0.134. The normalized spacial score (nSPS) is 30.2. The van der Waals surface area contributed by atoms with Gasteiger partial charge in [-0.25, -0.2) is 13.8 Å². The van der Waals surface area contributed by atoms with Gasteiger partial charge in [0.1, 0.15) is 5.82 Å². The SMILES string of the molecule is CC1(O)CCOCC1C1CCCN1c1cnc2cc(F)c(F)cc2n1. The number of aliphatic hydroxyl groups is 1. The van der Waals surface area contributed by atoms with Crippen molar-refractivity contribution in [2.75, 3.05) is 24.7 Å². The molecule has 2 fully saturated rings. The van der Waals surface area contributed by atoms with E-state index in [4.69, 9.17) is 4.74 Å². The van der Waals surface area contributed by atoms with E-state index in [0.29, 0.717) is 36.5 Å². The minimum Gasteiger partial charge on any atom is -0.390 e. The van der Waals surface area contributed by atoms with Gasteiger partial charge in [0.25, 0.3) is 0 Å².